The van der Waals surface area contributed by atoms with E-state index in [9.17, 15) is 4.39 Å². The van der Waals surface area contributed by atoms with Gasteiger partial charge in [-0.25, -0.2) is 4.39 Å². The lowest BCUT2D eigenvalue weighted by Gasteiger charge is -1.99. The molecule has 0 spiro atoms. The zero-order chi connectivity index (χ0) is 11.8. The molecule has 0 amide bonds. The zero-order valence-electron chi connectivity index (χ0n) is 9.24. The molecular weight excluding hydrogens is 217 g/mol. The van der Waals surface area contributed by atoms with Gasteiger partial charge in [-0.2, -0.15) is 5.10 Å². The van der Waals surface area contributed by atoms with Crippen LogP contribution in [0.3, 0.4) is 0 Å². The van der Waals surface area contributed by atoms with Crippen molar-refractivity contribution in [1.82, 2.24) is 15.2 Å². The van der Waals surface area contributed by atoms with Crippen LogP contribution in [0.1, 0.15) is 5.69 Å². The minimum Gasteiger partial charge on any atom is -0.277 e. The topological polar surface area (TPSA) is 41.6 Å². The fourth-order valence-electron chi connectivity index (χ4n) is 1.93. The Morgan fingerprint density at radius 2 is 2.12 bits per heavy atom. The molecule has 0 saturated heterocycles. The lowest BCUT2D eigenvalue weighted by Crippen LogP contribution is -1.85. The number of rotatable bonds is 1. The number of nitrogens with zero attached hydrogens (tertiary/aromatic N) is 2. The van der Waals surface area contributed by atoms with E-state index in [1.165, 1.54) is 6.07 Å². The van der Waals surface area contributed by atoms with Gasteiger partial charge in [0.05, 0.1) is 10.9 Å². The van der Waals surface area contributed by atoms with Gasteiger partial charge in [-0.05, 0) is 31.2 Å². The molecule has 4 heteroatoms. The number of hydrogen-bond donors (Lipinski definition) is 1. The van der Waals surface area contributed by atoms with Crippen LogP contribution in [0.5, 0.6) is 0 Å². The number of pyridine rings is 1. The molecule has 0 bridgehead atoms. The predicted molar refractivity (Wildman–Crippen MR) is 64.0 cm³/mol. The first kappa shape index (κ1) is 9.96. The second-order valence-electron chi connectivity index (χ2n) is 3.92. The Bertz CT molecular complexity index is 688. The van der Waals surface area contributed by atoms with Crippen LogP contribution in [0.25, 0.3) is 22.2 Å². The number of H-pyrrole nitrogens is 1. The molecule has 0 aliphatic rings. The molecule has 1 N–H and O–H groups in total. The molecule has 0 atom stereocenters. The van der Waals surface area contributed by atoms with Crippen molar-refractivity contribution in [3.63, 3.8) is 0 Å². The molecule has 0 unspecified atom stereocenters. The van der Waals surface area contributed by atoms with Gasteiger partial charge in [0.2, 0.25) is 0 Å². The van der Waals surface area contributed by atoms with Gasteiger partial charge in [0.15, 0.2) is 0 Å². The van der Waals surface area contributed by atoms with Gasteiger partial charge in [0, 0.05) is 17.5 Å². The van der Waals surface area contributed by atoms with Crippen molar-refractivity contribution in [3.05, 3.63) is 48.0 Å². The molecule has 3 rings (SSSR count). The van der Waals surface area contributed by atoms with Gasteiger partial charge < -0.3 is 0 Å². The van der Waals surface area contributed by atoms with E-state index in [0.29, 0.717) is 16.6 Å². The van der Waals surface area contributed by atoms with E-state index in [2.05, 4.69) is 15.2 Å². The maximum Gasteiger partial charge on any atom is 0.134 e. The molecule has 3 aromatic rings. The number of hydrogen-bond acceptors (Lipinski definition) is 2. The van der Waals surface area contributed by atoms with E-state index in [1.54, 1.807) is 12.3 Å². The molecule has 17 heavy (non-hydrogen) atoms. The van der Waals surface area contributed by atoms with Crippen molar-refractivity contribution in [2.24, 2.45) is 0 Å². The van der Waals surface area contributed by atoms with Gasteiger partial charge in [-0.1, -0.05) is 6.07 Å². The predicted octanol–water partition coefficient (Wildman–Crippen LogP) is 3.07. The minimum atomic E-state index is -0.263. The number of nitrogens with one attached hydrogen (secondary N) is 1. The van der Waals surface area contributed by atoms with Crippen LogP contribution in [-0.4, -0.2) is 15.2 Å². The molecule has 3 nitrogen and oxygen atoms in total. The first-order valence-corrected chi connectivity index (χ1v) is 5.31. The van der Waals surface area contributed by atoms with Crippen LogP contribution in [0.4, 0.5) is 4.39 Å². The maximum atomic E-state index is 13.8. The van der Waals surface area contributed by atoms with Gasteiger partial charge in [0.1, 0.15) is 11.5 Å². The second kappa shape index (κ2) is 3.66. The zero-order valence-corrected chi connectivity index (χ0v) is 9.24. The lowest BCUT2D eigenvalue weighted by atomic mass is 10.1. The summed E-state index contributed by atoms with van der Waals surface area (Å²) in [5.41, 5.74) is 3.09. The summed E-state index contributed by atoms with van der Waals surface area (Å²) in [4.78, 5) is 4.12. The van der Waals surface area contributed by atoms with Crippen LogP contribution in [0.15, 0.2) is 36.5 Å². The van der Waals surface area contributed by atoms with E-state index in [1.807, 2.05) is 25.1 Å². The highest BCUT2D eigenvalue weighted by Gasteiger charge is 2.11. The summed E-state index contributed by atoms with van der Waals surface area (Å²) in [7, 11) is 0. The van der Waals surface area contributed by atoms with Gasteiger partial charge in [-0.15, -0.1) is 0 Å². The Morgan fingerprint density at radius 3 is 2.94 bits per heavy atom. The van der Waals surface area contributed by atoms with Crippen molar-refractivity contribution in [2.45, 2.75) is 6.92 Å². The molecule has 1 aromatic carbocycles. The van der Waals surface area contributed by atoms with Crippen LogP contribution >= 0.6 is 0 Å². The average molecular weight is 227 g/mol. The van der Waals surface area contributed by atoms with E-state index in [0.717, 1.165) is 11.3 Å². The summed E-state index contributed by atoms with van der Waals surface area (Å²) >= 11 is 0. The Hall–Kier alpha value is -2.23. The maximum absolute atomic E-state index is 13.8. The van der Waals surface area contributed by atoms with Crippen molar-refractivity contribution in [3.8, 4) is 11.3 Å². The molecule has 2 aromatic heterocycles. The lowest BCUT2D eigenvalue weighted by molar-refractivity contribution is 0.640. The summed E-state index contributed by atoms with van der Waals surface area (Å²) in [5.74, 6) is -0.263. The summed E-state index contributed by atoms with van der Waals surface area (Å²) in [6.45, 7) is 1.90. The van der Waals surface area contributed by atoms with E-state index >= 15 is 0 Å². The molecule has 84 valence electrons. The third-order valence-corrected chi connectivity index (χ3v) is 2.71. The number of fused-ring (bicyclic) bond motifs is 1. The van der Waals surface area contributed by atoms with Gasteiger partial charge in [-0.3, -0.25) is 10.1 Å². The Kier molecular flexibility index (Phi) is 2.14. The molecule has 0 aliphatic heterocycles. The number of aromatic nitrogens is 3. The first-order chi connectivity index (χ1) is 8.25. The molecule has 0 aliphatic carbocycles. The second-order valence-corrected chi connectivity index (χ2v) is 3.92. The van der Waals surface area contributed by atoms with Crippen LogP contribution < -0.4 is 0 Å². The molecule has 0 saturated carbocycles. The molecule has 0 fully saturated rings. The van der Waals surface area contributed by atoms with Crippen LogP contribution in [0, 0.1) is 12.7 Å². The van der Waals surface area contributed by atoms with Crippen molar-refractivity contribution < 1.29 is 4.39 Å². The summed E-state index contributed by atoms with van der Waals surface area (Å²) in [6.07, 6.45) is 1.70. The average Bonchev–Trinajstić information content (AvgIpc) is 2.74. The summed E-state index contributed by atoms with van der Waals surface area (Å²) in [5, 5.41) is 7.54. The normalized spacial score (nSPS) is 10.9. The first-order valence-electron chi connectivity index (χ1n) is 5.31. The summed E-state index contributed by atoms with van der Waals surface area (Å²) < 4.78 is 13.8. The van der Waals surface area contributed by atoms with E-state index < -0.39 is 0 Å². The largest absolute Gasteiger partial charge is 0.277 e. The van der Waals surface area contributed by atoms with Crippen LogP contribution in [0.2, 0.25) is 0 Å². The summed E-state index contributed by atoms with van der Waals surface area (Å²) in [6, 6.07) is 8.63. The van der Waals surface area contributed by atoms with Crippen molar-refractivity contribution >= 4 is 10.9 Å². The number of aromatic amines is 1. The third-order valence-electron chi connectivity index (χ3n) is 2.71. The third kappa shape index (κ3) is 1.58. The molecular formula is C13H10FN3. The Balaban J connectivity index is 2.31. The monoisotopic (exact) mass is 227 g/mol. The number of aryl methyl sites for hydroxylation is 1. The highest BCUT2D eigenvalue weighted by molar-refractivity contribution is 5.93. The number of halogens is 1. The minimum absolute atomic E-state index is 0.263. The van der Waals surface area contributed by atoms with Crippen molar-refractivity contribution in [2.75, 3.05) is 0 Å². The quantitative estimate of drug-likeness (QED) is 0.694. The number of benzene rings is 1. The fraction of sp³-hybridized carbons (Fsp3) is 0.0769. The smallest absolute Gasteiger partial charge is 0.134 e. The molecule has 2 heterocycles. The SMILES string of the molecule is Cc1cc(-c2n[nH]c3cccc(F)c23)ccn1. The Morgan fingerprint density at radius 1 is 1.24 bits per heavy atom. The Labute approximate surface area is 97.3 Å². The highest BCUT2D eigenvalue weighted by atomic mass is 19.1. The van der Waals surface area contributed by atoms with Crippen LogP contribution in [-0.2, 0) is 0 Å². The van der Waals surface area contributed by atoms with E-state index in [4.69, 9.17) is 0 Å². The fourth-order valence-corrected chi connectivity index (χ4v) is 1.93. The van der Waals surface area contributed by atoms with Gasteiger partial charge >= 0.3 is 0 Å². The van der Waals surface area contributed by atoms with Crippen molar-refractivity contribution in [1.29, 1.82) is 0 Å². The van der Waals surface area contributed by atoms with E-state index in [-0.39, 0.29) is 5.82 Å². The molecule has 0 radical (unpaired) electrons. The highest BCUT2D eigenvalue weighted by Crippen LogP contribution is 2.28. The van der Waals surface area contributed by atoms with Gasteiger partial charge in [0.25, 0.3) is 0 Å². The standard InChI is InChI=1S/C13H10FN3/c1-8-7-9(5-6-15-8)13-12-10(14)3-2-4-11(12)16-17-13/h2-7H,1H3,(H,16,17).